The van der Waals surface area contributed by atoms with Gasteiger partial charge in [-0.3, -0.25) is 4.79 Å². The predicted octanol–water partition coefficient (Wildman–Crippen LogP) is 2.63. The second-order valence-corrected chi connectivity index (χ2v) is 4.06. The molecule has 5 nitrogen and oxygen atoms in total. The summed E-state index contributed by atoms with van der Waals surface area (Å²) in [4.78, 5) is 21.6. The van der Waals surface area contributed by atoms with Crippen LogP contribution in [-0.4, -0.2) is 24.6 Å². The Morgan fingerprint density at radius 3 is 2.35 bits per heavy atom. The fourth-order valence-corrected chi connectivity index (χ4v) is 1.88. The maximum Gasteiger partial charge on any atom is 0.337 e. The van der Waals surface area contributed by atoms with Crippen LogP contribution >= 0.6 is 0 Å². The van der Waals surface area contributed by atoms with Crippen molar-refractivity contribution in [2.75, 3.05) is 12.4 Å². The summed E-state index contributed by atoms with van der Waals surface area (Å²) in [6, 6.07) is 12.1. The number of rotatable bonds is 5. The Hall–Kier alpha value is -2.82. The molecule has 0 aliphatic carbocycles. The van der Waals surface area contributed by atoms with Crippen molar-refractivity contribution in [3.05, 3.63) is 48.0 Å². The Balaban J connectivity index is 2.43. The molecule has 2 N–H and O–H groups in total. The molecule has 0 saturated carbocycles. The molecule has 0 heterocycles. The number of aromatic carboxylic acids is 1. The highest BCUT2D eigenvalue weighted by Crippen LogP contribution is 2.27. The molecule has 5 heteroatoms. The largest absolute Gasteiger partial charge is 0.497 e. The molecular formula is C15H13NO4. The summed E-state index contributed by atoms with van der Waals surface area (Å²) in [5.41, 5.74) is 2.02. The normalized spacial score (nSPS) is 9.85. The van der Waals surface area contributed by atoms with Crippen molar-refractivity contribution < 1.29 is 19.4 Å². The second-order valence-electron chi connectivity index (χ2n) is 4.06. The summed E-state index contributed by atoms with van der Waals surface area (Å²) in [6.45, 7) is 0. The van der Waals surface area contributed by atoms with Gasteiger partial charge in [0.2, 0.25) is 6.41 Å². The van der Waals surface area contributed by atoms with Crippen LogP contribution in [0.25, 0.3) is 11.1 Å². The number of anilines is 1. The van der Waals surface area contributed by atoms with Crippen molar-refractivity contribution in [3.8, 4) is 16.9 Å². The third kappa shape index (κ3) is 2.77. The molecule has 1 amide bonds. The van der Waals surface area contributed by atoms with Crippen LogP contribution in [0.3, 0.4) is 0 Å². The third-order valence-corrected chi connectivity index (χ3v) is 2.89. The lowest BCUT2D eigenvalue weighted by Gasteiger charge is -2.08. The Bertz CT molecular complexity index is 635. The quantitative estimate of drug-likeness (QED) is 0.820. The van der Waals surface area contributed by atoms with Gasteiger partial charge in [0, 0.05) is 0 Å². The van der Waals surface area contributed by atoms with Gasteiger partial charge in [-0.25, -0.2) is 4.79 Å². The lowest BCUT2D eigenvalue weighted by atomic mass is 10.0. The molecule has 102 valence electrons. The molecule has 0 aliphatic heterocycles. The van der Waals surface area contributed by atoms with Crippen LogP contribution in [0.2, 0.25) is 0 Å². The number of hydrogen-bond acceptors (Lipinski definition) is 3. The number of benzene rings is 2. The van der Waals surface area contributed by atoms with Gasteiger partial charge in [0.1, 0.15) is 5.75 Å². The standard InChI is InChI=1S/C15H13NO4/c1-20-12-5-2-10(3-6-12)11-4-7-13(15(18)19)14(8-11)16-9-17/h2-9H,1H3,(H,16,17)(H,18,19). The first-order valence-electron chi connectivity index (χ1n) is 5.87. The van der Waals surface area contributed by atoms with Crippen molar-refractivity contribution >= 4 is 18.1 Å². The molecule has 0 aromatic heterocycles. The number of carbonyl (C=O) groups excluding carboxylic acids is 1. The Morgan fingerprint density at radius 2 is 1.80 bits per heavy atom. The minimum atomic E-state index is -1.09. The van der Waals surface area contributed by atoms with E-state index < -0.39 is 5.97 Å². The van der Waals surface area contributed by atoms with Crippen LogP contribution in [-0.2, 0) is 4.79 Å². The molecule has 0 fully saturated rings. The maximum atomic E-state index is 11.1. The minimum Gasteiger partial charge on any atom is -0.497 e. The molecule has 2 rings (SSSR count). The number of nitrogens with one attached hydrogen (secondary N) is 1. The second kappa shape index (κ2) is 5.88. The van der Waals surface area contributed by atoms with Gasteiger partial charge in [-0.1, -0.05) is 18.2 Å². The number of hydrogen-bond donors (Lipinski definition) is 2. The molecule has 0 radical (unpaired) electrons. The Kier molecular flexibility index (Phi) is 4.00. The summed E-state index contributed by atoms with van der Waals surface area (Å²) in [7, 11) is 1.59. The van der Waals surface area contributed by atoms with E-state index in [9.17, 15) is 9.59 Å². The highest BCUT2D eigenvalue weighted by molar-refractivity contribution is 5.97. The van der Waals surface area contributed by atoms with Gasteiger partial charge >= 0.3 is 5.97 Å². The van der Waals surface area contributed by atoms with Crippen LogP contribution in [0.4, 0.5) is 5.69 Å². The van der Waals surface area contributed by atoms with Gasteiger partial charge < -0.3 is 15.2 Å². The summed E-state index contributed by atoms with van der Waals surface area (Å²) < 4.78 is 5.08. The van der Waals surface area contributed by atoms with Crippen molar-refractivity contribution in [2.45, 2.75) is 0 Å². The van der Waals surface area contributed by atoms with E-state index in [-0.39, 0.29) is 11.3 Å². The number of amides is 1. The van der Waals surface area contributed by atoms with Crippen LogP contribution in [0.15, 0.2) is 42.5 Å². The third-order valence-electron chi connectivity index (χ3n) is 2.89. The van der Waals surface area contributed by atoms with E-state index >= 15 is 0 Å². The highest BCUT2D eigenvalue weighted by atomic mass is 16.5. The fourth-order valence-electron chi connectivity index (χ4n) is 1.88. The van der Waals surface area contributed by atoms with Crippen molar-refractivity contribution in [1.29, 1.82) is 0 Å². The van der Waals surface area contributed by atoms with Crippen molar-refractivity contribution in [3.63, 3.8) is 0 Å². The number of ether oxygens (including phenoxy) is 1. The Labute approximate surface area is 115 Å². The SMILES string of the molecule is COc1ccc(-c2ccc(C(=O)O)c(NC=O)c2)cc1. The monoisotopic (exact) mass is 271 g/mol. The zero-order chi connectivity index (χ0) is 14.5. The van der Waals surface area contributed by atoms with E-state index in [2.05, 4.69) is 5.32 Å². The summed E-state index contributed by atoms with van der Waals surface area (Å²) in [5.74, 6) is -0.349. The van der Waals surface area contributed by atoms with E-state index in [1.807, 2.05) is 24.3 Å². The number of carboxylic acids is 1. The topological polar surface area (TPSA) is 75.6 Å². The van der Waals surface area contributed by atoms with Crippen molar-refractivity contribution in [1.82, 2.24) is 0 Å². The molecule has 0 bridgehead atoms. The minimum absolute atomic E-state index is 0.0503. The van der Waals surface area contributed by atoms with Gasteiger partial charge in [0.25, 0.3) is 0 Å². The van der Waals surface area contributed by atoms with Gasteiger partial charge in [0.15, 0.2) is 0 Å². The van der Waals surface area contributed by atoms with E-state index in [0.29, 0.717) is 6.41 Å². The molecule has 0 unspecified atom stereocenters. The number of carbonyl (C=O) groups is 2. The average molecular weight is 271 g/mol. The molecule has 20 heavy (non-hydrogen) atoms. The number of methoxy groups -OCH3 is 1. The van der Waals surface area contributed by atoms with E-state index in [1.54, 1.807) is 19.2 Å². The average Bonchev–Trinajstić information content (AvgIpc) is 2.47. The molecule has 2 aromatic rings. The summed E-state index contributed by atoms with van der Waals surface area (Å²) in [5, 5.41) is 11.5. The molecule has 2 aromatic carbocycles. The lowest BCUT2D eigenvalue weighted by molar-refractivity contribution is -0.105. The van der Waals surface area contributed by atoms with E-state index in [1.165, 1.54) is 6.07 Å². The summed E-state index contributed by atoms with van der Waals surface area (Å²) >= 11 is 0. The zero-order valence-corrected chi connectivity index (χ0v) is 10.8. The van der Waals surface area contributed by atoms with Gasteiger partial charge in [0.05, 0.1) is 18.4 Å². The van der Waals surface area contributed by atoms with E-state index in [0.717, 1.165) is 16.9 Å². The van der Waals surface area contributed by atoms with E-state index in [4.69, 9.17) is 9.84 Å². The smallest absolute Gasteiger partial charge is 0.337 e. The molecule has 0 atom stereocenters. The predicted molar refractivity (Wildman–Crippen MR) is 75.1 cm³/mol. The first-order valence-corrected chi connectivity index (χ1v) is 5.87. The lowest BCUT2D eigenvalue weighted by Crippen LogP contribution is -2.04. The van der Waals surface area contributed by atoms with Gasteiger partial charge in [-0.2, -0.15) is 0 Å². The van der Waals surface area contributed by atoms with Crippen LogP contribution < -0.4 is 10.1 Å². The van der Waals surface area contributed by atoms with Crippen LogP contribution in [0, 0.1) is 0 Å². The molecule has 0 aliphatic rings. The highest BCUT2D eigenvalue weighted by Gasteiger charge is 2.11. The first-order chi connectivity index (χ1) is 9.65. The first kappa shape index (κ1) is 13.6. The van der Waals surface area contributed by atoms with Gasteiger partial charge in [-0.15, -0.1) is 0 Å². The zero-order valence-electron chi connectivity index (χ0n) is 10.8. The fraction of sp³-hybridized carbons (Fsp3) is 0.0667. The van der Waals surface area contributed by atoms with Crippen molar-refractivity contribution in [2.24, 2.45) is 0 Å². The summed E-state index contributed by atoms with van der Waals surface area (Å²) in [6.07, 6.45) is 0.458. The Morgan fingerprint density at radius 1 is 1.15 bits per heavy atom. The number of carboxylic acid groups (broad SMARTS) is 1. The van der Waals surface area contributed by atoms with Crippen LogP contribution in [0.5, 0.6) is 5.75 Å². The molecule has 0 spiro atoms. The maximum absolute atomic E-state index is 11.1. The molecule has 0 saturated heterocycles. The van der Waals surface area contributed by atoms with Crippen LogP contribution in [0.1, 0.15) is 10.4 Å². The van der Waals surface area contributed by atoms with Gasteiger partial charge in [-0.05, 0) is 35.4 Å². The molecular weight excluding hydrogens is 258 g/mol.